The summed E-state index contributed by atoms with van der Waals surface area (Å²) < 4.78 is 0. The Morgan fingerprint density at radius 2 is 1.83 bits per heavy atom. The lowest BCUT2D eigenvalue weighted by Crippen LogP contribution is -2.17. The van der Waals surface area contributed by atoms with Crippen molar-refractivity contribution < 1.29 is 5.11 Å². The van der Waals surface area contributed by atoms with Crippen molar-refractivity contribution >= 4 is 28.7 Å². The molecule has 0 aromatic heterocycles. The van der Waals surface area contributed by atoms with Gasteiger partial charge in [0.15, 0.2) is 0 Å². The Morgan fingerprint density at radius 3 is 2.60 bits per heavy atom. The van der Waals surface area contributed by atoms with Crippen molar-refractivity contribution in [1.29, 1.82) is 5.41 Å². The summed E-state index contributed by atoms with van der Waals surface area (Å²) >= 11 is 6.59. The number of nitrogens with one attached hydrogen (secondary N) is 2. The van der Waals surface area contributed by atoms with Crippen molar-refractivity contribution in [3.05, 3.63) is 81.5 Å². The maximum absolute atomic E-state index is 9.47. The van der Waals surface area contributed by atoms with Crippen LogP contribution in [0, 0.1) is 5.41 Å². The predicted octanol–water partition coefficient (Wildman–Crippen LogP) is 6.56. The van der Waals surface area contributed by atoms with Gasteiger partial charge < -0.3 is 10.4 Å². The SMILES string of the molecule is CCC1=C2CCCC2=C(Cl)N=C(C(=N)c2ccccc2NCc2ccc(O)cc2)C1. The van der Waals surface area contributed by atoms with Crippen LogP contribution >= 0.6 is 11.6 Å². The third-order valence-electron chi connectivity index (χ3n) is 5.84. The highest BCUT2D eigenvalue weighted by atomic mass is 35.5. The van der Waals surface area contributed by atoms with Crippen molar-refractivity contribution in [2.75, 3.05) is 5.32 Å². The van der Waals surface area contributed by atoms with Crippen molar-refractivity contribution in [1.82, 2.24) is 0 Å². The molecule has 2 aliphatic rings. The van der Waals surface area contributed by atoms with Gasteiger partial charge in [-0.2, -0.15) is 0 Å². The van der Waals surface area contributed by atoms with Crippen LogP contribution in [0.1, 0.15) is 50.2 Å². The number of nitrogens with zero attached hydrogens (tertiary/aromatic N) is 1. The van der Waals surface area contributed by atoms with E-state index in [4.69, 9.17) is 22.0 Å². The summed E-state index contributed by atoms with van der Waals surface area (Å²) in [4.78, 5) is 4.70. The smallest absolute Gasteiger partial charge is 0.132 e. The normalized spacial score (nSPS) is 16.3. The van der Waals surface area contributed by atoms with E-state index in [-0.39, 0.29) is 5.75 Å². The molecule has 0 amide bonds. The Kier molecular flexibility index (Phi) is 6.05. The highest BCUT2D eigenvalue weighted by molar-refractivity contribution is 6.49. The first-order chi connectivity index (χ1) is 14.6. The molecular weight excluding hydrogens is 394 g/mol. The molecule has 0 spiro atoms. The van der Waals surface area contributed by atoms with E-state index in [1.165, 1.54) is 16.7 Å². The molecular formula is C25H26ClN3O. The average Bonchev–Trinajstić information content (AvgIpc) is 3.21. The fourth-order valence-electron chi connectivity index (χ4n) is 4.20. The maximum Gasteiger partial charge on any atom is 0.132 e. The number of fused-ring (bicyclic) bond motifs is 1. The average molecular weight is 420 g/mol. The van der Waals surface area contributed by atoms with Crippen LogP contribution in [-0.2, 0) is 6.54 Å². The number of allylic oxidation sites excluding steroid dienone is 3. The van der Waals surface area contributed by atoms with E-state index in [0.29, 0.717) is 23.8 Å². The summed E-state index contributed by atoms with van der Waals surface area (Å²) in [7, 11) is 0. The quantitative estimate of drug-likeness (QED) is 0.366. The van der Waals surface area contributed by atoms with Gasteiger partial charge in [0.2, 0.25) is 0 Å². The van der Waals surface area contributed by atoms with E-state index in [1.807, 2.05) is 36.4 Å². The standard InChI is InChI=1S/C25H26ClN3O/c1-2-17-14-23(29-25(26)20-8-5-7-19(17)20)24(27)21-6-3-4-9-22(21)28-15-16-10-12-18(30)13-11-16/h3-4,6,9-13,27-28,30H,2,5,7-8,14-15H2,1H3. The van der Waals surface area contributed by atoms with Gasteiger partial charge in [-0.05, 0) is 60.6 Å². The lowest BCUT2D eigenvalue weighted by molar-refractivity contribution is 0.475. The summed E-state index contributed by atoms with van der Waals surface area (Å²) in [5.41, 5.74) is 7.80. The third-order valence-corrected chi connectivity index (χ3v) is 6.15. The molecule has 1 heterocycles. The van der Waals surface area contributed by atoms with Gasteiger partial charge in [-0.3, -0.25) is 5.41 Å². The highest BCUT2D eigenvalue weighted by Crippen LogP contribution is 2.40. The molecule has 2 aromatic carbocycles. The lowest BCUT2D eigenvalue weighted by Gasteiger charge is -2.15. The second-order valence-corrected chi connectivity index (χ2v) is 8.09. The molecule has 30 heavy (non-hydrogen) atoms. The first-order valence-electron chi connectivity index (χ1n) is 10.4. The van der Waals surface area contributed by atoms with E-state index < -0.39 is 0 Å². The fraction of sp³-hybridized carbons (Fsp3) is 0.280. The molecule has 3 N–H and O–H groups in total. The summed E-state index contributed by atoms with van der Waals surface area (Å²) in [6.07, 6.45) is 4.81. The van der Waals surface area contributed by atoms with Crippen LogP contribution in [0.4, 0.5) is 5.69 Å². The molecule has 154 valence electrons. The summed E-state index contributed by atoms with van der Waals surface area (Å²) in [6, 6.07) is 15.0. The first kappa shape index (κ1) is 20.4. The molecule has 0 atom stereocenters. The molecule has 2 aromatic rings. The number of para-hydroxylation sites is 1. The number of hydrogen-bond donors (Lipinski definition) is 3. The van der Waals surface area contributed by atoms with E-state index >= 15 is 0 Å². The molecule has 5 heteroatoms. The Labute approximate surface area is 182 Å². The maximum atomic E-state index is 9.47. The van der Waals surface area contributed by atoms with Crippen molar-refractivity contribution in [3.63, 3.8) is 0 Å². The Hall–Kier alpha value is -2.85. The minimum atomic E-state index is 0.254. The minimum absolute atomic E-state index is 0.254. The number of rotatable bonds is 6. The minimum Gasteiger partial charge on any atom is -0.508 e. The van der Waals surface area contributed by atoms with Crippen LogP contribution in [0.5, 0.6) is 5.75 Å². The number of phenolic OH excluding ortho intramolecular Hbond substituents is 1. The zero-order valence-corrected chi connectivity index (χ0v) is 17.9. The second kappa shape index (κ2) is 8.88. The van der Waals surface area contributed by atoms with Crippen molar-refractivity contribution in [2.45, 2.75) is 45.6 Å². The largest absolute Gasteiger partial charge is 0.508 e. The molecule has 4 nitrogen and oxygen atoms in total. The number of halogens is 1. The summed E-state index contributed by atoms with van der Waals surface area (Å²) in [5.74, 6) is 0.254. The molecule has 0 saturated heterocycles. The van der Waals surface area contributed by atoms with Gasteiger partial charge in [-0.25, -0.2) is 4.99 Å². The fourth-order valence-corrected chi connectivity index (χ4v) is 4.51. The van der Waals surface area contributed by atoms with E-state index in [9.17, 15) is 5.11 Å². The van der Waals surface area contributed by atoms with Gasteiger partial charge in [0.25, 0.3) is 0 Å². The summed E-state index contributed by atoms with van der Waals surface area (Å²) in [5, 5.41) is 22.4. The topological polar surface area (TPSA) is 68.5 Å². The van der Waals surface area contributed by atoms with Gasteiger partial charge in [-0.1, -0.05) is 54.4 Å². The zero-order chi connectivity index (χ0) is 21.1. The molecule has 0 bridgehead atoms. The number of benzene rings is 2. The van der Waals surface area contributed by atoms with Gasteiger partial charge in [0.1, 0.15) is 10.9 Å². The van der Waals surface area contributed by atoms with Crippen molar-refractivity contribution in [3.8, 4) is 5.75 Å². The highest BCUT2D eigenvalue weighted by Gasteiger charge is 2.26. The molecule has 0 unspecified atom stereocenters. The second-order valence-electron chi connectivity index (χ2n) is 7.73. The molecule has 1 aliphatic carbocycles. The Bertz CT molecular complexity index is 1060. The first-order valence-corrected chi connectivity index (χ1v) is 10.8. The van der Waals surface area contributed by atoms with E-state index in [0.717, 1.165) is 48.2 Å². The lowest BCUT2D eigenvalue weighted by atomic mass is 9.93. The number of aromatic hydroxyl groups is 1. The molecule has 0 radical (unpaired) electrons. The van der Waals surface area contributed by atoms with Crippen LogP contribution < -0.4 is 5.32 Å². The molecule has 1 saturated carbocycles. The molecule has 4 rings (SSSR count). The molecule has 1 fully saturated rings. The van der Waals surface area contributed by atoms with Gasteiger partial charge in [0.05, 0.1) is 11.4 Å². The third kappa shape index (κ3) is 4.19. The summed E-state index contributed by atoms with van der Waals surface area (Å²) in [6.45, 7) is 2.78. The van der Waals surface area contributed by atoms with E-state index in [2.05, 4.69) is 12.2 Å². The van der Waals surface area contributed by atoms with Crippen LogP contribution in [0.25, 0.3) is 0 Å². The van der Waals surface area contributed by atoms with Gasteiger partial charge in [-0.15, -0.1) is 0 Å². The number of hydrogen-bond acceptors (Lipinski definition) is 4. The van der Waals surface area contributed by atoms with Crippen LogP contribution in [0.3, 0.4) is 0 Å². The Balaban J connectivity index is 1.61. The Morgan fingerprint density at radius 1 is 1.10 bits per heavy atom. The number of phenols is 1. The van der Waals surface area contributed by atoms with Crippen LogP contribution in [-0.4, -0.2) is 16.5 Å². The van der Waals surface area contributed by atoms with Crippen LogP contribution in [0.2, 0.25) is 0 Å². The number of aliphatic imine (C=N–C) groups is 1. The predicted molar refractivity (Wildman–Crippen MR) is 125 cm³/mol. The number of anilines is 1. The zero-order valence-electron chi connectivity index (χ0n) is 17.1. The van der Waals surface area contributed by atoms with Crippen LogP contribution in [0.15, 0.2) is 75.4 Å². The monoisotopic (exact) mass is 419 g/mol. The van der Waals surface area contributed by atoms with Gasteiger partial charge >= 0.3 is 0 Å². The van der Waals surface area contributed by atoms with E-state index in [1.54, 1.807) is 12.1 Å². The van der Waals surface area contributed by atoms with Crippen molar-refractivity contribution in [2.24, 2.45) is 4.99 Å². The molecule has 1 aliphatic heterocycles. The van der Waals surface area contributed by atoms with Gasteiger partial charge in [0, 0.05) is 24.2 Å².